The molecule has 1 saturated heterocycles. The Labute approximate surface area is 164 Å². The van der Waals surface area contributed by atoms with Gasteiger partial charge in [0.15, 0.2) is 5.13 Å². The van der Waals surface area contributed by atoms with E-state index in [1.807, 2.05) is 18.0 Å². The number of carbonyl (C=O) groups is 2. The summed E-state index contributed by atoms with van der Waals surface area (Å²) in [6.07, 6.45) is 0. The van der Waals surface area contributed by atoms with Gasteiger partial charge in [-0.1, -0.05) is 11.3 Å². The molecule has 1 aromatic carbocycles. The van der Waals surface area contributed by atoms with Gasteiger partial charge in [-0.2, -0.15) is 5.10 Å². The van der Waals surface area contributed by atoms with Crippen molar-refractivity contribution in [2.24, 2.45) is 0 Å². The number of amides is 2. The summed E-state index contributed by atoms with van der Waals surface area (Å²) < 4.78 is 0.810. The third-order valence-corrected chi connectivity index (χ3v) is 5.49. The number of H-pyrrole nitrogens is 1. The predicted molar refractivity (Wildman–Crippen MR) is 106 cm³/mol. The number of thiazole rings is 1. The van der Waals surface area contributed by atoms with E-state index in [9.17, 15) is 14.4 Å². The highest BCUT2D eigenvalue weighted by Crippen LogP contribution is 2.27. The zero-order valence-electron chi connectivity index (χ0n) is 15.1. The monoisotopic (exact) mass is 398 g/mol. The summed E-state index contributed by atoms with van der Waals surface area (Å²) in [6, 6.07) is 7.92. The third kappa shape index (κ3) is 3.78. The van der Waals surface area contributed by atoms with Crippen molar-refractivity contribution in [2.45, 2.75) is 0 Å². The number of rotatable bonds is 3. The molecule has 2 N–H and O–H groups in total. The van der Waals surface area contributed by atoms with E-state index in [-0.39, 0.29) is 17.2 Å². The van der Waals surface area contributed by atoms with Gasteiger partial charge in [0.05, 0.1) is 10.2 Å². The Balaban J connectivity index is 1.51. The molecular formula is C18H18N6O3S. The zero-order chi connectivity index (χ0) is 19.7. The number of hydrogen-bond acceptors (Lipinski definition) is 7. The lowest BCUT2D eigenvalue weighted by atomic mass is 10.1. The standard InChI is InChI=1S/C18H18N6O3S/c1-23-6-8-24(9-7-23)17(27)11-2-3-12-14(10-11)28-18(19-12)20-16(26)13-4-5-15(25)22-21-13/h2-5,10H,6-9H2,1H3,(H,22,25)(H,19,20,26). The molecule has 10 heteroatoms. The van der Waals surface area contributed by atoms with Crippen LogP contribution in [0.2, 0.25) is 0 Å². The molecule has 0 spiro atoms. The van der Waals surface area contributed by atoms with Crippen molar-refractivity contribution in [1.82, 2.24) is 25.0 Å². The Morgan fingerprint density at radius 1 is 1.14 bits per heavy atom. The van der Waals surface area contributed by atoms with Gasteiger partial charge in [0, 0.05) is 37.8 Å². The first kappa shape index (κ1) is 18.3. The number of aromatic amines is 1. The molecule has 3 aromatic rings. The topological polar surface area (TPSA) is 111 Å². The van der Waals surface area contributed by atoms with Gasteiger partial charge >= 0.3 is 0 Å². The van der Waals surface area contributed by atoms with E-state index in [0.29, 0.717) is 29.3 Å². The molecule has 9 nitrogen and oxygen atoms in total. The van der Waals surface area contributed by atoms with Gasteiger partial charge in [0.25, 0.3) is 17.4 Å². The molecule has 28 heavy (non-hydrogen) atoms. The SMILES string of the molecule is CN1CCN(C(=O)c2ccc3nc(NC(=O)c4ccc(=O)[nH]n4)sc3c2)CC1. The first-order chi connectivity index (χ1) is 13.5. The lowest BCUT2D eigenvalue weighted by Gasteiger charge is -2.32. The van der Waals surface area contributed by atoms with Crippen LogP contribution < -0.4 is 10.9 Å². The minimum absolute atomic E-state index is 0.00595. The molecule has 2 amide bonds. The molecule has 144 valence electrons. The van der Waals surface area contributed by atoms with E-state index in [1.165, 1.54) is 23.5 Å². The van der Waals surface area contributed by atoms with E-state index in [0.717, 1.165) is 17.8 Å². The second-order valence-electron chi connectivity index (χ2n) is 6.56. The van der Waals surface area contributed by atoms with Crippen LogP contribution in [0.1, 0.15) is 20.8 Å². The quantitative estimate of drug-likeness (QED) is 0.681. The normalized spacial score (nSPS) is 15.0. The van der Waals surface area contributed by atoms with Gasteiger partial charge in [-0.05, 0) is 31.3 Å². The van der Waals surface area contributed by atoms with Crippen LogP contribution >= 0.6 is 11.3 Å². The molecule has 3 heterocycles. The van der Waals surface area contributed by atoms with Crippen molar-refractivity contribution in [3.05, 3.63) is 51.9 Å². The lowest BCUT2D eigenvalue weighted by Crippen LogP contribution is -2.47. The number of anilines is 1. The van der Waals surface area contributed by atoms with E-state index in [1.54, 1.807) is 12.1 Å². The molecule has 0 aliphatic carbocycles. The highest BCUT2D eigenvalue weighted by molar-refractivity contribution is 7.22. The Morgan fingerprint density at radius 3 is 2.64 bits per heavy atom. The maximum absolute atomic E-state index is 12.7. The van der Waals surface area contributed by atoms with Crippen molar-refractivity contribution in [3.63, 3.8) is 0 Å². The fourth-order valence-electron chi connectivity index (χ4n) is 2.94. The van der Waals surface area contributed by atoms with Gasteiger partial charge in [-0.3, -0.25) is 19.7 Å². The molecule has 1 aliphatic heterocycles. The van der Waals surface area contributed by atoms with Crippen LogP contribution in [-0.4, -0.2) is 70.0 Å². The van der Waals surface area contributed by atoms with E-state index >= 15 is 0 Å². The molecule has 0 atom stereocenters. The van der Waals surface area contributed by atoms with Gasteiger partial charge < -0.3 is 9.80 Å². The second kappa shape index (κ2) is 7.49. The molecule has 1 fully saturated rings. The van der Waals surface area contributed by atoms with Crippen LogP contribution in [0.4, 0.5) is 5.13 Å². The largest absolute Gasteiger partial charge is 0.336 e. The van der Waals surface area contributed by atoms with Crippen LogP contribution in [-0.2, 0) is 0 Å². The second-order valence-corrected chi connectivity index (χ2v) is 7.59. The van der Waals surface area contributed by atoms with Crippen LogP contribution in [0.5, 0.6) is 0 Å². The summed E-state index contributed by atoms with van der Waals surface area (Å²) in [5, 5.41) is 8.98. The summed E-state index contributed by atoms with van der Waals surface area (Å²) in [5.41, 5.74) is 1.02. The van der Waals surface area contributed by atoms with Gasteiger partial charge in [0.2, 0.25) is 0 Å². The number of aromatic nitrogens is 3. The maximum Gasteiger partial charge on any atom is 0.277 e. The predicted octanol–water partition coefficient (Wildman–Crippen LogP) is 1.02. The number of hydrogen-bond donors (Lipinski definition) is 2. The molecule has 0 radical (unpaired) electrons. The Bertz CT molecular complexity index is 1080. The number of carbonyl (C=O) groups excluding carboxylic acids is 2. The molecule has 1 aliphatic rings. The van der Waals surface area contributed by atoms with Crippen LogP contribution in [0.25, 0.3) is 10.2 Å². The minimum atomic E-state index is -0.468. The van der Waals surface area contributed by atoms with Crippen molar-refractivity contribution < 1.29 is 9.59 Å². The lowest BCUT2D eigenvalue weighted by molar-refractivity contribution is 0.0664. The Kier molecular flexibility index (Phi) is 4.88. The van der Waals surface area contributed by atoms with Crippen LogP contribution in [0.15, 0.2) is 35.1 Å². The average molecular weight is 398 g/mol. The van der Waals surface area contributed by atoms with Gasteiger partial charge in [-0.25, -0.2) is 10.1 Å². The summed E-state index contributed by atoms with van der Waals surface area (Å²) in [6.45, 7) is 3.15. The van der Waals surface area contributed by atoms with E-state index in [2.05, 4.69) is 25.4 Å². The van der Waals surface area contributed by atoms with Crippen LogP contribution in [0, 0.1) is 0 Å². The van der Waals surface area contributed by atoms with Crippen molar-refractivity contribution in [1.29, 1.82) is 0 Å². The van der Waals surface area contributed by atoms with E-state index in [4.69, 9.17) is 0 Å². The highest BCUT2D eigenvalue weighted by Gasteiger charge is 2.21. The Morgan fingerprint density at radius 2 is 1.93 bits per heavy atom. The first-order valence-corrected chi connectivity index (χ1v) is 9.57. The smallest absolute Gasteiger partial charge is 0.277 e. The summed E-state index contributed by atoms with van der Waals surface area (Å²) in [5.74, 6) is -0.463. The van der Waals surface area contributed by atoms with Gasteiger partial charge in [0.1, 0.15) is 5.69 Å². The molecule has 0 saturated carbocycles. The van der Waals surface area contributed by atoms with Crippen LogP contribution in [0.3, 0.4) is 0 Å². The zero-order valence-corrected chi connectivity index (χ0v) is 16.0. The highest BCUT2D eigenvalue weighted by atomic mass is 32.1. The van der Waals surface area contributed by atoms with Crippen molar-refractivity contribution in [3.8, 4) is 0 Å². The number of benzene rings is 1. The summed E-state index contributed by atoms with van der Waals surface area (Å²) in [4.78, 5) is 44.4. The number of nitrogens with zero attached hydrogens (tertiary/aromatic N) is 4. The minimum Gasteiger partial charge on any atom is -0.336 e. The fraction of sp³-hybridized carbons (Fsp3) is 0.278. The molecule has 0 unspecified atom stereocenters. The fourth-order valence-corrected chi connectivity index (χ4v) is 3.84. The molecule has 0 bridgehead atoms. The molecule has 2 aromatic heterocycles. The number of fused-ring (bicyclic) bond motifs is 1. The third-order valence-electron chi connectivity index (χ3n) is 4.56. The number of piperazine rings is 1. The summed E-state index contributed by atoms with van der Waals surface area (Å²) >= 11 is 1.28. The van der Waals surface area contributed by atoms with Crippen molar-refractivity contribution in [2.75, 3.05) is 38.5 Å². The summed E-state index contributed by atoms with van der Waals surface area (Å²) in [7, 11) is 2.05. The molecular weight excluding hydrogens is 380 g/mol. The number of nitrogens with one attached hydrogen (secondary N) is 2. The average Bonchev–Trinajstić information content (AvgIpc) is 3.09. The maximum atomic E-state index is 12.7. The van der Waals surface area contributed by atoms with Crippen molar-refractivity contribution >= 4 is 38.5 Å². The number of likely N-dealkylation sites (N-methyl/N-ethyl adjacent to an activating group) is 1. The molecule has 4 rings (SSSR count). The first-order valence-electron chi connectivity index (χ1n) is 8.75. The van der Waals surface area contributed by atoms with Gasteiger partial charge in [-0.15, -0.1) is 0 Å². The van der Waals surface area contributed by atoms with E-state index < -0.39 is 5.91 Å². The Hall–Kier alpha value is -3.11.